The molecule has 2 aromatic rings. The van der Waals surface area contributed by atoms with Crippen LogP contribution in [0.2, 0.25) is 0 Å². The number of aryl methyl sites for hydroxylation is 1. The van der Waals surface area contributed by atoms with Crippen LogP contribution in [0.25, 0.3) is 0 Å². The highest BCUT2D eigenvalue weighted by Gasteiger charge is 2.12. The van der Waals surface area contributed by atoms with E-state index in [2.05, 4.69) is 15.5 Å². The van der Waals surface area contributed by atoms with Crippen LogP contribution < -0.4 is 5.32 Å². The highest BCUT2D eigenvalue weighted by Crippen LogP contribution is 2.13. The number of rotatable bonds is 6. The van der Waals surface area contributed by atoms with Crippen molar-refractivity contribution in [1.29, 1.82) is 0 Å². The lowest BCUT2D eigenvalue weighted by atomic mass is 10.1. The Balaban J connectivity index is 1.89. The average Bonchev–Trinajstić information content (AvgIpc) is 2.93. The molecule has 22 heavy (non-hydrogen) atoms. The zero-order valence-corrected chi connectivity index (χ0v) is 13.4. The second kappa shape index (κ2) is 6.93. The second-order valence-electron chi connectivity index (χ2n) is 4.48. The summed E-state index contributed by atoms with van der Waals surface area (Å²) in [6, 6.07) is 5.09. The number of amides is 1. The summed E-state index contributed by atoms with van der Waals surface area (Å²) >= 11 is 1.44. The van der Waals surface area contributed by atoms with Gasteiger partial charge in [-0.1, -0.05) is 30.4 Å². The largest absolute Gasteiger partial charge is 0.349 e. The van der Waals surface area contributed by atoms with Crippen molar-refractivity contribution < 1.29 is 17.1 Å². The summed E-state index contributed by atoms with van der Waals surface area (Å²) in [5.74, 6) is -0.232. The lowest BCUT2D eigenvalue weighted by Gasteiger charge is -2.03. The number of aromatic nitrogens is 2. The maximum atomic E-state index is 12.7. The molecule has 1 amide bonds. The fourth-order valence-corrected chi connectivity index (χ4v) is 2.88. The smallest absolute Gasteiger partial charge is 0.332 e. The molecule has 0 atom stereocenters. The van der Waals surface area contributed by atoms with Crippen LogP contribution in [0.5, 0.6) is 0 Å². The summed E-state index contributed by atoms with van der Waals surface area (Å²) in [7, 11) is -4.71. The van der Waals surface area contributed by atoms with Crippen LogP contribution in [0.15, 0.2) is 29.2 Å². The van der Waals surface area contributed by atoms with Crippen molar-refractivity contribution >= 4 is 27.5 Å². The van der Waals surface area contributed by atoms with Crippen LogP contribution in [-0.4, -0.2) is 24.5 Å². The molecule has 6 nitrogen and oxygen atoms in total. The Morgan fingerprint density at radius 1 is 1.23 bits per heavy atom. The number of carbonyl (C=O) groups is 1. The van der Waals surface area contributed by atoms with E-state index in [1.807, 2.05) is 6.92 Å². The summed E-state index contributed by atoms with van der Waals surface area (Å²) in [4.78, 5) is 11.4. The highest BCUT2D eigenvalue weighted by atomic mass is 32.3. The van der Waals surface area contributed by atoms with Crippen molar-refractivity contribution in [3.05, 3.63) is 39.8 Å². The molecule has 9 heteroatoms. The van der Waals surface area contributed by atoms with E-state index in [0.717, 1.165) is 28.6 Å². The minimum absolute atomic E-state index is 0.0754. The lowest BCUT2D eigenvalue weighted by Crippen LogP contribution is -2.24. The van der Waals surface area contributed by atoms with Gasteiger partial charge in [-0.2, -0.15) is 8.42 Å². The van der Waals surface area contributed by atoms with E-state index in [1.165, 1.54) is 23.5 Å². The number of benzene rings is 1. The highest BCUT2D eigenvalue weighted by molar-refractivity contribution is 7.86. The van der Waals surface area contributed by atoms with Crippen molar-refractivity contribution in [2.24, 2.45) is 0 Å². The summed E-state index contributed by atoms with van der Waals surface area (Å²) < 4.78 is 34.1. The second-order valence-corrected chi connectivity index (χ2v) is 6.97. The summed E-state index contributed by atoms with van der Waals surface area (Å²) in [5.41, 5.74) is 0.594. The maximum Gasteiger partial charge on any atom is 0.332 e. The molecule has 0 radical (unpaired) electrons. The van der Waals surface area contributed by atoms with Gasteiger partial charge in [0.1, 0.15) is 10.0 Å². The van der Waals surface area contributed by atoms with Crippen LogP contribution in [0, 0.1) is 0 Å². The molecule has 0 aliphatic carbocycles. The molecule has 0 unspecified atom stereocenters. The first-order chi connectivity index (χ1) is 10.4. The lowest BCUT2D eigenvalue weighted by molar-refractivity contribution is -0.120. The Kier molecular flexibility index (Phi) is 5.19. The molecule has 0 bridgehead atoms. The van der Waals surface area contributed by atoms with Crippen molar-refractivity contribution in [2.75, 3.05) is 0 Å². The number of hydrogen-bond acceptors (Lipinski definition) is 6. The Hall–Kier alpha value is -1.87. The normalized spacial score (nSPS) is 11.4. The molecule has 0 aliphatic rings. The van der Waals surface area contributed by atoms with Gasteiger partial charge < -0.3 is 5.32 Å². The summed E-state index contributed by atoms with van der Waals surface area (Å²) in [6.45, 7) is 2.28. The van der Waals surface area contributed by atoms with Gasteiger partial charge in [0, 0.05) is 0 Å². The molecule has 1 N–H and O–H groups in total. The first kappa shape index (κ1) is 16.5. The van der Waals surface area contributed by atoms with Crippen LogP contribution >= 0.6 is 11.3 Å². The van der Waals surface area contributed by atoms with Gasteiger partial charge in [0.25, 0.3) is 0 Å². The van der Waals surface area contributed by atoms with Crippen LogP contribution in [0.4, 0.5) is 3.89 Å². The predicted molar refractivity (Wildman–Crippen MR) is 79.6 cm³/mol. The van der Waals surface area contributed by atoms with E-state index in [1.54, 1.807) is 0 Å². The van der Waals surface area contributed by atoms with Crippen LogP contribution in [0.1, 0.15) is 22.5 Å². The van der Waals surface area contributed by atoms with Gasteiger partial charge in [0.15, 0.2) is 0 Å². The average molecular weight is 343 g/mol. The van der Waals surface area contributed by atoms with Crippen molar-refractivity contribution in [2.45, 2.75) is 31.2 Å². The fourth-order valence-electron chi connectivity index (χ4n) is 1.69. The topological polar surface area (TPSA) is 89.0 Å². The molecule has 0 spiro atoms. The van der Waals surface area contributed by atoms with Crippen LogP contribution in [-0.2, 0) is 34.4 Å². The summed E-state index contributed by atoms with van der Waals surface area (Å²) in [5, 5.41) is 12.2. The number of carbonyl (C=O) groups excluding carboxylic acids is 1. The first-order valence-corrected chi connectivity index (χ1v) is 8.70. The van der Waals surface area contributed by atoms with E-state index < -0.39 is 15.1 Å². The molecular weight excluding hydrogens is 329 g/mol. The molecule has 1 aromatic carbocycles. The molecule has 0 aliphatic heterocycles. The van der Waals surface area contributed by atoms with Gasteiger partial charge in [0.2, 0.25) is 5.91 Å². The van der Waals surface area contributed by atoms with Gasteiger partial charge in [0.05, 0.1) is 17.9 Å². The van der Waals surface area contributed by atoms with E-state index >= 15 is 0 Å². The molecule has 1 heterocycles. The van der Waals surface area contributed by atoms with Crippen molar-refractivity contribution in [1.82, 2.24) is 15.5 Å². The monoisotopic (exact) mass is 343 g/mol. The minimum atomic E-state index is -4.71. The van der Waals surface area contributed by atoms with E-state index in [9.17, 15) is 17.1 Å². The van der Waals surface area contributed by atoms with E-state index in [4.69, 9.17) is 0 Å². The quantitative estimate of drug-likeness (QED) is 0.805. The molecule has 1 aromatic heterocycles. The zero-order valence-electron chi connectivity index (χ0n) is 11.7. The molecular formula is C13H14FN3O3S2. The van der Waals surface area contributed by atoms with Crippen molar-refractivity contribution in [3.63, 3.8) is 0 Å². The standard InChI is InChI=1S/C13H14FN3O3S2/c1-2-12-16-17-13(21-12)8-15-11(18)7-9-3-5-10(6-4-9)22(14,19)20/h3-6H,2,7-8H2,1H3,(H,15,18). The number of halogens is 1. The van der Waals surface area contributed by atoms with Gasteiger partial charge in [-0.15, -0.1) is 14.1 Å². The fraction of sp³-hybridized carbons (Fsp3) is 0.308. The van der Waals surface area contributed by atoms with Crippen LogP contribution in [0.3, 0.4) is 0 Å². The number of hydrogen-bond donors (Lipinski definition) is 1. The predicted octanol–water partition coefficient (Wildman–Crippen LogP) is 1.62. The Morgan fingerprint density at radius 2 is 1.86 bits per heavy atom. The Morgan fingerprint density at radius 3 is 2.41 bits per heavy atom. The molecule has 0 saturated carbocycles. The van der Waals surface area contributed by atoms with E-state index in [-0.39, 0.29) is 12.3 Å². The summed E-state index contributed by atoms with van der Waals surface area (Å²) in [6.07, 6.45) is 0.876. The van der Waals surface area contributed by atoms with E-state index in [0.29, 0.717) is 12.1 Å². The maximum absolute atomic E-state index is 12.7. The number of nitrogens with zero attached hydrogens (tertiary/aromatic N) is 2. The molecule has 0 saturated heterocycles. The first-order valence-electron chi connectivity index (χ1n) is 6.50. The Labute approximate surface area is 131 Å². The zero-order chi connectivity index (χ0) is 16.2. The third kappa shape index (κ3) is 4.57. The Bertz CT molecular complexity index is 757. The van der Waals surface area contributed by atoms with Gasteiger partial charge >= 0.3 is 10.2 Å². The van der Waals surface area contributed by atoms with Gasteiger partial charge in [-0.25, -0.2) is 0 Å². The molecule has 2 rings (SSSR count). The molecule has 118 valence electrons. The third-order valence-electron chi connectivity index (χ3n) is 2.82. The minimum Gasteiger partial charge on any atom is -0.349 e. The van der Waals surface area contributed by atoms with Gasteiger partial charge in [-0.05, 0) is 24.1 Å². The molecule has 0 fully saturated rings. The SMILES string of the molecule is CCc1nnc(CNC(=O)Cc2ccc(S(=O)(=O)F)cc2)s1. The van der Waals surface area contributed by atoms with Gasteiger partial charge in [-0.3, -0.25) is 4.79 Å². The number of nitrogens with one attached hydrogen (secondary N) is 1. The third-order valence-corrected chi connectivity index (χ3v) is 4.72. The van der Waals surface area contributed by atoms with Crippen molar-refractivity contribution in [3.8, 4) is 0 Å².